The van der Waals surface area contributed by atoms with E-state index in [1.54, 1.807) is 16.8 Å². The van der Waals surface area contributed by atoms with Crippen LogP contribution in [0.4, 0.5) is 16.4 Å². The molecule has 4 aromatic heterocycles. The molecule has 3 aliphatic rings. The molecule has 0 bridgehead atoms. The van der Waals surface area contributed by atoms with Crippen LogP contribution in [0.3, 0.4) is 0 Å². The van der Waals surface area contributed by atoms with E-state index in [0.717, 1.165) is 34.5 Å². The van der Waals surface area contributed by atoms with Crippen LogP contribution in [-0.4, -0.2) is 66.1 Å². The van der Waals surface area contributed by atoms with Crippen molar-refractivity contribution in [3.63, 3.8) is 0 Å². The summed E-state index contributed by atoms with van der Waals surface area (Å²) < 4.78 is 7.62. The number of fused-ring (bicyclic) bond motifs is 1. The van der Waals surface area contributed by atoms with Gasteiger partial charge in [-0.2, -0.15) is 10.2 Å². The fraction of sp³-hybridized carbons (Fsp3) is 0.357. The highest BCUT2D eigenvalue weighted by molar-refractivity contribution is 6.11. The molecule has 5 heterocycles. The Kier molecular flexibility index (Phi) is 5.87. The molecule has 4 amide bonds. The number of carbonyl (C=O) groups is 3. The van der Waals surface area contributed by atoms with E-state index in [9.17, 15) is 14.4 Å². The van der Waals surface area contributed by atoms with Crippen LogP contribution < -0.4 is 15.0 Å². The number of aryl methyl sites for hydroxylation is 1. The van der Waals surface area contributed by atoms with Crippen molar-refractivity contribution >= 4 is 35.0 Å². The number of amides is 4. The van der Waals surface area contributed by atoms with E-state index in [1.807, 2.05) is 25.1 Å². The zero-order valence-electron chi connectivity index (χ0n) is 22.5. The molecule has 41 heavy (non-hydrogen) atoms. The van der Waals surface area contributed by atoms with Crippen LogP contribution >= 0.6 is 0 Å². The monoisotopic (exact) mass is 553 g/mol. The van der Waals surface area contributed by atoms with E-state index in [4.69, 9.17) is 4.74 Å². The van der Waals surface area contributed by atoms with E-state index < -0.39 is 0 Å². The van der Waals surface area contributed by atoms with Gasteiger partial charge in [0, 0.05) is 36.8 Å². The average molecular weight is 554 g/mol. The minimum Gasteiger partial charge on any atom is -0.485 e. The Hall–Kier alpha value is -4.94. The molecule has 13 heteroatoms. The molecule has 0 aromatic carbocycles. The molecule has 0 radical (unpaired) electrons. The van der Waals surface area contributed by atoms with Crippen molar-refractivity contribution < 1.29 is 19.1 Å². The summed E-state index contributed by atoms with van der Waals surface area (Å²) in [5.74, 6) is 1.76. The number of urea groups is 1. The zero-order valence-corrected chi connectivity index (χ0v) is 22.5. The van der Waals surface area contributed by atoms with E-state index in [0.29, 0.717) is 35.4 Å². The number of nitrogens with one attached hydrogen (secondary N) is 1. The molecule has 2 aliphatic carbocycles. The maximum atomic E-state index is 12.8. The third kappa shape index (κ3) is 4.83. The maximum Gasteiger partial charge on any atom is 0.332 e. The quantitative estimate of drug-likeness (QED) is 0.325. The Labute approximate surface area is 234 Å². The molecule has 1 saturated heterocycles. The second-order valence-electron chi connectivity index (χ2n) is 10.8. The number of carbonyl (C=O) groups excluding carboxylic acids is 3. The molecular formula is C28H27N9O4. The standard InChI is InChI=1S/C28H27N9O4/c1-15-5-6-29-26(31-15)21-11-22(21)27(39)32-23-10-20(12-30-33-23)41-14-18-9-19-7-17(16-3-4-16)8-24(37(19)34-18)36-13-25(38)35(2)28(36)40/h5-10,12,16,21-22H,3-4,11,13-14H2,1-2H3,(H,32,33,39)/t21-,22-/m0/s1. The van der Waals surface area contributed by atoms with Crippen molar-refractivity contribution in [1.29, 1.82) is 0 Å². The van der Waals surface area contributed by atoms with Gasteiger partial charge in [-0.1, -0.05) is 0 Å². The molecule has 0 unspecified atom stereocenters. The minimum atomic E-state index is -0.376. The Morgan fingerprint density at radius 1 is 1.17 bits per heavy atom. The summed E-state index contributed by atoms with van der Waals surface area (Å²) in [5, 5.41) is 15.5. The lowest BCUT2D eigenvalue weighted by molar-refractivity contribution is -0.124. The predicted molar refractivity (Wildman–Crippen MR) is 145 cm³/mol. The van der Waals surface area contributed by atoms with Crippen molar-refractivity contribution in [3.05, 3.63) is 65.5 Å². The van der Waals surface area contributed by atoms with Crippen molar-refractivity contribution in [3.8, 4) is 5.75 Å². The Morgan fingerprint density at radius 2 is 2.02 bits per heavy atom. The van der Waals surface area contributed by atoms with E-state index in [-0.39, 0.29) is 48.7 Å². The molecule has 3 fully saturated rings. The van der Waals surface area contributed by atoms with Crippen molar-refractivity contribution in [2.24, 2.45) is 5.92 Å². The number of rotatable bonds is 8. The number of pyridine rings is 1. The molecule has 13 nitrogen and oxygen atoms in total. The van der Waals surface area contributed by atoms with E-state index in [2.05, 4.69) is 36.6 Å². The van der Waals surface area contributed by atoms with Gasteiger partial charge in [0.2, 0.25) is 5.91 Å². The number of likely N-dealkylation sites (N-methyl/N-ethyl adjacent to an activating group) is 1. The second kappa shape index (κ2) is 9.61. The number of nitrogens with zero attached hydrogens (tertiary/aromatic N) is 8. The summed E-state index contributed by atoms with van der Waals surface area (Å²) in [4.78, 5) is 49.0. The van der Waals surface area contributed by atoms with Gasteiger partial charge < -0.3 is 10.1 Å². The SMILES string of the molecule is Cc1ccnc([C@H]2C[C@@H]2C(=O)Nc2cc(OCc3cc4cc(C5CC5)cc(N5CC(=O)N(C)C5=O)n4n3)cnn2)n1. The van der Waals surface area contributed by atoms with Gasteiger partial charge in [0.15, 0.2) is 5.82 Å². The molecule has 1 N–H and O–H groups in total. The summed E-state index contributed by atoms with van der Waals surface area (Å²) in [6.07, 6.45) is 6.05. The highest BCUT2D eigenvalue weighted by atomic mass is 16.5. The number of hydrogen-bond donors (Lipinski definition) is 1. The third-order valence-electron chi connectivity index (χ3n) is 7.67. The topological polar surface area (TPSA) is 148 Å². The van der Waals surface area contributed by atoms with Crippen molar-refractivity contribution in [2.75, 3.05) is 23.8 Å². The minimum absolute atomic E-state index is 0.00275. The van der Waals surface area contributed by atoms with Crippen LogP contribution in [0.2, 0.25) is 0 Å². The summed E-state index contributed by atoms with van der Waals surface area (Å²) >= 11 is 0. The van der Waals surface area contributed by atoms with Gasteiger partial charge in [-0.3, -0.25) is 19.4 Å². The fourth-order valence-corrected chi connectivity index (χ4v) is 5.13. The Balaban J connectivity index is 1.05. The number of imide groups is 1. The highest BCUT2D eigenvalue weighted by Gasteiger charge is 2.46. The lowest BCUT2D eigenvalue weighted by Crippen LogP contribution is -2.31. The summed E-state index contributed by atoms with van der Waals surface area (Å²) in [6.45, 7) is 2.00. The van der Waals surface area contributed by atoms with Gasteiger partial charge in [0.25, 0.3) is 5.91 Å². The smallest absolute Gasteiger partial charge is 0.332 e. The van der Waals surface area contributed by atoms with E-state index >= 15 is 0 Å². The highest BCUT2D eigenvalue weighted by Crippen LogP contribution is 2.46. The van der Waals surface area contributed by atoms with Gasteiger partial charge in [0.05, 0.1) is 11.7 Å². The third-order valence-corrected chi connectivity index (χ3v) is 7.67. The van der Waals surface area contributed by atoms with Crippen molar-refractivity contribution in [2.45, 2.75) is 44.6 Å². The number of anilines is 2. The molecule has 4 aromatic rings. The largest absolute Gasteiger partial charge is 0.485 e. The first kappa shape index (κ1) is 25.1. The number of ether oxygens (including phenoxy) is 1. The van der Waals surface area contributed by atoms with Crippen LogP contribution in [-0.2, 0) is 16.2 Å². The summed E-state index contributed by atoms with van der Waals surface area (Å²) in [7, 11) is 1.48. The van der Waals surface area contributed by atoms with Crippen LogP contribution in [0.15, 0.2) is 42.7 Å². The number of hydrogen-bond acceptors (Lipinski definition) is 9. The maximum absolute atomic E-state index is 12.8. The Morgan fingerprint density at radius 3 is 2.78 bits per heavy atom. The summed E-state index contributed by atoms with van der Waals surface area (Å²) in [5.41, 5.74) is 3.44. The van der Waals surface area contributed by atoms with Gasteiger partial charge >= 0.3 is 6.03 Å². The van der Waals surface area contributed by atoms with E-state index in [1.165, 1.54) is 18.1 Å². The molecule has 7 rings (SSSR count). The normalized spacial score (nSPS) is 20.1. The molecular weight excluding hydrogens is 526 g/mol. The molecule has 0 spiro atoms. The van der Waals surface area contributed by atoms with Gasteiger partial charge in [-0.15, -0.1) is 5.10 Å². The molecule has 2 saturated carbocycles. The van der Waals surface area contributed by atoms with Crippen LogP contribution in [0.1, 0.15) is 53.9 Å². The first-order chi connectivity index (χ1) is 19.8. The predicted octanol–water partition coefficient (Wildman–Crippen LogP) is 2.82. The van der Waals surface area contributed by atoms with Crippen LogP contribution in [0.25, 0.3) is 5.52 Å². The van der Waals surface area contributed by atoms with Gasteiger partial charge in [0.1, 0.15) is 36.2 Å². The molecule has 208 valence electrons. The zero-order chi connectivity index (χ0) is 28.2. The average Bonchev–Trinajstić information content (AvgIpc) is 3.89. The first-order valence-corrected chi connectivity index (χ1v) is 13.5. The lowest BCUT2D eigenvalue weighted by atomic mass is 10.1. The first-order valence-electron chi connectivity index (χ1n) is 13.5. The van der Waals surface area contributed by atoms with Crippen LogP contribution in [0.5, 0.6) is 5.75 Å². The van der Waals surface area contributed by atoms with Gasteiger partial charge in [-0.05, 0) is 61.9 Å². The van der Waals surface area contributed by atoms with Crippen LogP contribution in [0, 0.1) is 12.8 Å². The fourth-order valence-electron chi connectivity index (χ4n) is 5.13. The lowest BCUT2D eigenvalue weighted by Gasteiger charge is -2.17. The molecule has 2 atom stereocenters. The van der Waals surface area contributed by atoms with Gasteiger partial charge in [-0.25, -0.2) is 19.3 Å². The molecule has 1 aliphatic heterocycles. The Bertz CT molecular complexity index is 1720. The summed E-state index contributed by atoms with van der Waals surface area (Å²) in [6, 6.07) is 8.98. The number of aromatic nitrogens is 6. The second-order valence-corrected chi connectivity index (χ2v) is 10.8. The van der Waals surface area contributed by atoms with Crippen molar-refractivity contribution in [1.82, 2.24) is 34.7 Å².